The van der Waals surface area contributed by atoms with Crippen LogP contribution in [0.2, 0.25) is 0 Å². The van der Waals surface area contributed by atoms with Gasteiger partial charge in [0.1, 0.15) is 0 Å². The smallest absolute Gasteiger partial charge is 0.162 e. The Labute approximate surface area is 150 Å². The molecule has 0 N–H and O–H groups in total. The third-order valence-electron chi connectivity index (χ3n) is 5.53. The molecule has 0 bridgehead atoms. The lowest BCUT2D eigenvalue weighted by Gasteiger charge is -2.25. The molecule has 0 saturated heterocycles. The Hall–Kier alpha value is -1.70. The van der Waals surface area contributed by atoms with Crippen molar-refractivity contribution in [1.29, 1.82) is 0 Å². The van der Waals surface area contributed by atoms with Gasteiger partial charge in [0.05, 0.1) is 0 Å². The zero-order valence-electron chi connectivity index (χ0n) is 15.2. The lowest BCUT2D eigenvalue weighted by molar-refractivity contribution is 0.476. The minimum Gasteiger partial charge on any atom is -0.204 e. The van der Waals surface area contributed by atoms with Gasteiger partial charge < -0.3 is 0 Å². The van der Waals surface area contributed by atoms with Crippen molar-refractivity contribution in [3.05, 3.63) is 70.3 Å². The van der Waals surface area contributed by atoms with Crippen LogP contribution in [-0.4, -0.2) is 0 Å². The monoisotopic (exact) mass is 342 g/mol. The molecule has 0 nitrogen and oxygen atoms in total. The first-order valence-electron chi connectivity index (χ1n) is 9.73. The molecule has 1 unspecified atom stereocenters. The molecule has 0 aromatic heterocycles. The summed E-state index contributed by atoms with van der Waals surface area (Å²) < 4.78 is 27.6. The highest BCUT2D eigenvalue weighted by Crippen LogP contribution is 2.34. The predicted molar refractivity (Wildman–Crippen MR) is 100 cm³/mol. The lowest BCUT2D eigenvalue weighted by atomic mass is 9.79. The van der Waals surface area contributed by atoms with Gasteiger partial charge in [-0.3, -0.25) is 0 Å². The van der Waals surface area contributed by atoms with E-state index < -0.39 is 11.6 Å². The van der Waals surface area contributed by atoms with Crippen LogP contribution in [0.15, 0.2) is 36.4 Å². The molecule has 2 aromatic carbocycles. The molecule has 0 heterocycles. The quantitative estimate of drug-likeness (QED) is 0.488. The molecule has 25 heavy (non-hydrogen) atoms. The second-order valence-corrected chi connectivity index (χ2v) is 7.34. The zero-order valence-corrected chi connectivity index (χ0v) is 15.2. The third kappa shape index (κ3) is 4.48. The molecule has 0 amide bonds. The molecule has 0 aliphatic heterocycles. The highest BCUT2D eigenvalue weighted by molar-refractivity contribution is 5.36. The third-order valence-corrected chi connectivity index (χ3v) is 5.53. The molecule has 3 rings (SSSR count). The van der Waals surface area contributed by atoms with E-state index in [9.17, 15) is 8.78 Å². The van der Waals surface area contributed by atoms with Crippen molar-refractivity contribution in [3.63, 3.8) is 0 Å². The second-order valence-electron chi connectivity index (χ2n) is 7.34. The largest absolute Gasteiger partial charge is 0.204 e. The summed E-state index contributed by atoms with van der Waals surface area (Å²) in [5.74, 6) is -1.08. The van der Waals surface area contributed by atoms with Crippen LogP contribution in [0.4, 0.5) is 8.78 Å². The van der Waals surface area contributed by atoms with Gasteiger partial charge in [-0.1, -0.05) is 62.9 Å². The van der Waals surface area contributed by atoms with Crippen molar-refractivity contribution in [2.24, 2.45) is 0 Å². The molecule has 2 heteroatoms. The van der Waals surface area contributed by atoms with E-state index in [-0.39, 0.29) is 0 Å². The molecule has 0 radical (unpaired) electrons. The average Bonchev–Trinajstić information content (AvgIpc) is 2.65. The van der Waals surface area contributed by atoms with E-state index in [2.05, 4.69) is 31.2 Å². The Morgan fingerprint density at radius 2 is 1.68 bits per heavy atom. The SMILES string of the molecule is CCCCCCCc1ccc(C2CCc3ccc(F)c(F)c3C2)cc1. The van der Waals surface area contributed by atoms with Crippen molar-refractivity contribution in [3.8, 4) is 0 Å². The van der Waals surface area contributed by atoms with Gasteiger partial charge in [0.2, 0.25) is 0 Å². The molecule has 134 valence electrons. The molecule has 0 saturated carbocycles. The van der Waals surface area contributed by atoms with Gasteiger partial charge in [-0.15, -0.1) is 0 Å². The molecular weight excluding hydrogens is 314 g/mol. The van der Waals surface area contributed by atoms with E-state index >= 15 is 0 Å². The summed E-state index contributed by atoms with van der Waals surface area (Å²) in [6.07, 6.45) is 10.1. The number of rotatable bonds is 7. The van der Waals surface area contributed by atoms with E-state index in [0.29, 0.717) is 17.9 Å². The van der Waals surface area contributed by atoms with E-state index in [1.807, 2.05) is 0 Å². The fourth-order valence-corrected chi connectivity index (χ4v) is 3.94. The first-order valence-corrected chi connectivity index (χ1v) is 9.73. The Morgan fingerprint density at radius 1 is 0.920 bits per heavy atom. The summed E-state index contributed by atoms with van der Waals surface area (Å²) in [5.41, 5.74) is 4.19. The van der Waals surface area contributed by atoms with Gasteiger partial charge >= 0.3 is 0 Å². The first-order chi connectivity index (χ1) is 12.2. The summed E-state index contributed by atoms with van der Waals surface area (Å²) in [7, 11) is 0. The molecule has 1 atom stereocenters. The Kier molecular flexibility index (Phi) is 6.23. The Bertz CT molecular complexity index is 688. The van der Waals surface area contributed by atoms with Crippen molar-refractivity contribution < 1.29 is 8.78 Å². The summed E-state index contributed by atoms with van der Waals surface area (Å²) in [4.78, 5) is 0. The van der Waals surface area contributed by atoms with Crippen molar-refractivity contribution >= 4 is 0 Å². The van der Waals surface area contributed by atoms with Gasteiger partial charge in [0, 0.05) is 0 Å². The van der Waals surface area contributed by atoms with E-state index in [4.69, 9.17) is 0 Å². The fraction of sp³-hybridized carbons (Fsp3) is 0.478. The van der Waals surface area contributed by atoms with Crippen LogP contribution >= 0.6 is 0 Å². The van der Waals surface area contributed by atoms with Gasteiger partial charge in [0.15, 0.2) is 11.6 Å². The van der Waals surface area contributed by atoms with Crippen molar-refractivity contribution in [2.75, 3.05) is 0 Å². The van der Waals surface area contributed by atoms with Gasteiger partial charge in [0.25, 0.3) is 0 Å². The van der Waals surface area contributed by atoms with Crippen LogP contribution in [0.3, 0.4) is 0 Å². The number of unbranched alkanes of at least 4 members (excludes halogenated alkanes) is 4. The number of fused-ring (bicyclic) bond motifs is 1. The van der Waals surface area contributed by atoms with E-state index in [0.717, 1.165) is 24.8 Å². The molecule has 0 fully saturated rings. The highest BCUT2D eigenvalue weighted by atomic mass is 19.2. The molecule has 0 spiro atoms. The topological polar surface area (TPSA) is 0 Å². The minimum absolute atomic E-state index is 0.294. The number of benzene rings is 2. The van der Waals surface area contributed by atoms with Crippen LogP contribution in [0.25, 0.3) is 0 Å². The second kappa shape index (κ2) is 8.60. The number of hydrogen-bond acceptors (Lipinski definition) is 0. The fourth-order valence-electron chi connectivity index (χ4n) is 3.94. The lowest BCUT2D eigenvalue weighted by Crippen LogP contribution is -2.15. The van der Waals surface area contributed by atoms with Crippen LogP contribution in [0.5, 0.6) is 0 Å². The first kappa shape index (κ1) is 18.1. The Morgan fingerprint density at radius 3 is 2.44 bits per heavy atom. The van der Waals surface area contributed by atoms with Crippen LogP contribution in [-0.2, 0) is 19.3 Å². The summed E-state index contributed by atoms with van der Waals surface area (Å²) >= 11 is 0. The molecule has 2 aromatic rings. The summed E-state index contributed by atoms with van der Waals surface area (Å²) in [5, 5.41) is 0. The number of hydrogen-bond donors (Lipinski definition) is 0. The molecular formula is C23H28F2. The Balaban J connectivity index is 1.60. The van der Waals surface area contributed by atoms with E-state index in [1.54, 1.807) is 6.07 Å². The zero-order chi connectivity index (χ0) is 17.6. The normalized spacial score (nSPS) is 16.7. The van der Waals surface area contributed by atoms with E-state index in [1.165, 1.54) is 49.3 Å². The maximum absolute atomic E-state index is 14.1. The van der Waals surface area contributed by atoms with Gasteiger partial charge in [-0.2, -0.15) is 0 Å². The van der Waals surface area contributed by atoms with Crippen molar-refractivity contribution in [2.45, 2.75) is 70.6 Å². The summed E-state index contributed by atoms with van der Waals surface area (Å²) in [6.45, 7) is 2.24. The summed E-state index contributed by atoms with van der Waals surface area (Å²) in [6, 6.07) is 11.8. The molecule has 1 aliphatic carbocycles. The standard InChI is InChI=1S/C23H28F2/c1-2-3-4-5-6-7-17-8-10-18(11-9-17)20-13-12-19-14-15-22(24)23(25)21(19)16-20/h8-11,14-15,20H,2-7,12-13,16H2,1H3. The minimum atomic E-state index is -0.724. The predicted octanol–water partition coefficient (Wildman–Crippen LogP) is 6.75. The van der Waals surface area contributed by atoms with Crippen LogP contribution < -0.4 is 0 Å². The number of halogens is 2. The van der Waals surface area contributed by atoms with Gasteiger partial charge in [-0.05, 0) is 66.3 Å². The van der Waals surface area contributed by atoms with Crippen molar-refractivity contribution in [1.82, 2.24) is 0 Å². The van der Waals surface area contributed by atoms with Crippen LogP contribution in [0, 0.1) is 11.6 Å². The average molecular weight is 342 g/mol. The molecule has 1 aliphatic rings. The number of aryl methyl sites for hydroxylation is 2. The maximum Gasteiger partial charge on any atom is 0.162 e. The van der Waals surface area contributed by atoms with Crippen LogP contribution in [0.1, 0.15) is 73.6 Å². The van der Waals surface area contributed by atoms with Gasteiger partial charge in [-0.25, -0.2) is 8.78 Å². The maximum atomic E-state index is 14.1. The highest BCUT2D eigenvalue weighted by Gasteiger charge is 2.24.